The summed E-state index contributed by atoms with van der Waals surface area (Å²) in [6, 6.07) is 12.5. The van der Waals surface area contributed by atoms with E-state index in [0.717, 1.165) is 6.21 Å². The zero-order valence-electron chi connectivity index (χ0n) is 14.3. The van der Waals surface area contributed by atoms with E-state index in [9.17, 15) is 18.3 Å². The van der Waals surface area contributed by atoms with Crippen molar-refractivity contribution in [3.05, 3.63) is 64.4 Å². The molecule has 0 aliphatic rings. The predicted octanol–water partition coefficient (Wildman–Crippen LogP) is 1.94. The summed E-state index contributed by atoms with van der Waals surface area (Å²) in [6.45, 7) is 2.31. The third-order valence-electron chi connectivity index (χ3n) is 3.76. The van der Waals surface area contributed by atoms with Gasteiger partial charge in [-0.1, -0.05) is 18.2 Å². The number of hydrogen-bond donors (Lipinski definition) is 3. The molecule has 0 radical (unpaired) electrons. The van der Waals surface area contributed by atoms with Crippen molar-refractivity contribution in [2.24, 2.45) is 5.10 Å². The summed E-state index contributed by atoms with van der Waals surface area (Å²) in [6.07, 6.45) is 1.14. The number of rotatable bonds is 6. The molecule has 0 spiro atoms. The van der Waals surface area contributed by atoms with Crippen molar-refractivity contribution in [2.45, 2.75) is 11.8 Å². The highest BCUT2D eigenvalue weighted by molar-refractivity contribution is 7.89. The molecule has 3 aromatic rings. The average Bonchev–Trinajstić information content (AvgIpc) is 2.65. The van der Waals surface area contributed by atoms with Crippen LogP contribution in [0.1, 0.15) is 12.5 Å². The number of nitrogens with one attached hydrogen (secondary N) is 2. The van der Waals surface area contributed by atoms with E-state index in [1.54, 1.807) is 36.4 Å². The van der Waals surface area contributed by atoms with Gasteiger partial charge in [0.15, 0.2) is 0 Å². The largest absolute Gasteiger partial charge is 0.494 e. The van der Waals surface area contributed by atoms with Crippen molar-refractivity contribution in [3.63, 3.8) is 0 Å². The van der Waals surface area contributed by atoms with Gasteiger partial charge in [0, 0.05) is 10.8 Å². The first-order valence-corrected chi connectivity index (χ1v) is 9.52. The zero-order chi connectivity index (χ0) is 19.4. The molecule has 0 atom stereocenters. The maximum Gasteiger partial charge on any atom is 0.276 e. The molecule has 0 aliphatic carbocycles. The van der Waals surface area contributed by atoms with E-state index in [-0.39, 0.29) is 10.5 Å². The van der Waals surface area contributed by atoms with Gasteiger partial charge in [0.05, 0.1) is 23.3 Å². The van der Waals surface area contributed by atoms with Gasteiger partial charge in [-0.05, 0) is 37.3 Å². The van der Waals surface area contributed by atoms with E-state index in [0.29, 0.717) is 23.1 Å². The van der Waals surface area contributed by atoms with Crippen molar-refractivity contribution < 1.29 is 18.3 Å². The van der Waals surface area contributed by atoms with Crippen molar-refractivity contribution in [1.29, 1.82) is 0 Å². The molecule has 0 fully saturated rings. The van der Waals surface area contributed by atoms with Gasteiger partial charge in [0.1, 0.15) is 5.75 Å². The highest BCUT2D eigenvalue weighted by Gasteiger charge is 2.13. The number of aromatic hydroxyl groups is 1. The summed E-state index contributed by atoms with van der Waals surface area (Å²) >= 11 is 0. The van der Waals surface area contributed by atoms with Crippen molar-refractivity contribution in [2.75, 3.05) is 6.61 Å². The fourth-order valence-electron chi connectivity index (χ4n) is 2.51. The highest BCUT2D eigenvalue weighted by Crippen LogP contribution is 2.20. The zero-order valence-corrected chi connectivity index (χ0v) is 15.2. The summed E-state index contributed by atoms with van der Waals surface area (Å²) in [4.78, 5) is 16.3. The quantitative estimate of drug-likeness (QED) is 0.441. The van der Waals surface area contributed by atoms with Gasteiger partial charge in [-0.15, -0.1) is 0 Å². The van der Waals surface area contributed by atoms with Crippen LogP contribution < -0.4 is 15.1 Å². The van der Waals surface area contributed by atoms with E-state index in [1.165, 1.54) is 12.1 Å². The smallest absolute Gasteiger partial charge is 0.276 e. The van der Waals surface area contributed by atoms with Crippen LogP contribution in [0.4, 0.5) is 0 Å². The summed E-state index contributed by atoms with van der Waals surface area (Å²) in [5.74, 6) is 0.160. The molecule has 0 saturated carbocycles. The van der Waals surface area contributed by atoms with Crippen LogP contribution in [0, 0.1) is 0 Å². The Labute approximate surface area is 155 Å². The van der Waals surface area contributed by atoms with E-state index in [2.05, 4.69) is 14.9 Å². The van der Waals surface area contributed by atoms with Crippen LogP contribution in [0.2, 0.25) is 0 Å². The first kappa shape index (κ1) is 18.5. The monoisotopic (exact) mass is 387 g/mol. The Bertz CT molecular complexity index is 1150. The first-order chi connectivity index (χ1) is 12.9. The molecular formula is C18H17N3O5S. The van der Waals surface area contributed by atoms with Crippen molar-refractivity contribution in [3.8, 4) is 11.6 Å². The number of nitrogens with zero attached hydrogens (tertiary/aromatic N) is 1. The van der Waals surface area contributed by atoms with Crippen LogP contribution >= 0.6 is 0 Å². The van der Waals surface area contributed by atoms with Gasteiger partial charge in [-0.25, -0.2) is 4.83 Å². The Kier molecular flexibility index (Phi) is 5.13. The summed E-state index contributed by atoms with van der Waals surface area (Å²) in [7, 11) is -3.89. The van der Waals surface area contributed by atoms with Gasteiger partial charge >= 0.3 is 0 Å². The molecule has 3 N–H and O–H groups in total. The van der Waals surface area contributed by atoms with E-state index in [4.69, 9.17) is 4.74 Å². The van der Waals surface area contributed by atoms with Gasteiger partial charge < -0.3 is 9.84 Å². The van der Waals surface area contributed by atoms with Gasteiger partial charge in [0.25, 0.3) is 15.6 Å². The van der Waals surface area contributed by atoms with E-state index < -0.39 is 21.5 Å². The Morgan fingerprint density at radius 2 is 1.81 bits per heavy atom. The number of aromatic nitrogens is 1. The number of hydrogen-bond acceptors (Lipinski definition) is 6. The molecule has 0 saturated heterocycles. The van der Waals surface area contributed by atoms with Gasteiger partial charge in [-0.3, -0.25) is 9.78 Å². The first-order valence-electron chi connectivity index (χ1n) is 8.04. The molecule has 1 heterocycles. The van der Waals surface area contributed by atoms with E-state index in [1.807, 2.05) is 6.92 Å². The lowest BCUT2D eigenvalue weighted by Crippen LogP contribution is -2.18. The second-order valence-corrected chi connectivity index (χ2v) is 7.18. The van der Waals surface area contributed by atoms with Crippen LogP contribution in [0.3, 0.4) is 0 Å². The molecule has 0 aliphatic heterocycles. The fourth-order valence-corrected chi connectivity index (χ4v) is 3.30. The topological polar surface area (TPSA) is 121 Å². The summed E-state index contributed by atoms with van der Waals surface area (Å²) < 4.78 is 29.9. The molecular weight excluding hydrogens is 370 g/mol. The Hall–Kier alpha value is -3.33. The third kappa shape index (κ3) is 3.93. The lowest BCUT2D eigenvalue weighted by Gasteiger charge is -2.06. The van der Waals surface area contributed by atoms with Crippen molar-refractivity contribution in [1.82, 2.24) is 9.82 Å². The third-order valence-corrected chi connectivity index (χ3v) is 5.00. The van der Waals surface area contributed by atoms with E-state index >= 15 is 0 Å². The highest BCUT2D eigenvalue weighted by atomic mass is 32.2. The maximum atomic E-state index is 12.3. The molecule has 1 aromatic heterocycles. The predicted molar refractivity (Wildman–Crippen MR) is 102 cm³/mol. The van der Waals surface area contributed by atoms with Crippen LogP contribution in [0.25, 0.3) is 10.8 Å². The Morgan fingerprint density at radius 3 is 2.48 bits per heavy atom. The minimum absolute atomic E-state index is 0.0126. The molecule has 2 aromatic carbocycles. The second-order valence-electron chi connectivity index (χ2n) is 5.52. The summed E-state index contributed by atoms with van der Waals surface area (Å²) in [5, 5.41) is 14.5. The maximum absolute atomic E-state index is 12.3. The number of fused-ring (bicyclic) bond motifs is 1. The number of H-pyrrole nitrogens is 1. The molecule has 140 valence electrons. The normalized spacial score (nSPS) is 11.7. The minimum atomic E-state index is -3.89. The second kappa shape index (κ2) is 7.50. The Balaban J connectivity index is 1.87. The number of aromatic amines is 1. The number of ether oxygens (including phenoxy) is 1. The fraction of sp³-hybridized carbons (Fsp3) is 0.111. The van der Waals surface area contributed by atoms with Gasteiger partial charge in [-0.2, -0.15) is 13.5 Å². The number of benzene rings is 2. The molecule has 8 nitrogen and oxygen atoms in total. The number of hydrazone groups is 1. The summed E-state index contributed by atoms with van der Waals surface area (Å²) in [5.41, 5.74) is -0.255. The van der Waals surface area contributed by atoms with Crippen molar-refractivity contribution >= 4 is 27.0 Å². The standard InChI is InChI=1S/C18H17N3O5S/c1-2-26-12-7-9-13(10-8-12)27(24,25)21-19-11-16-14-5-3-4-6-15(14)17(22)20-18(16)23/h3-11,21H,2H2,1H3,(H2,20,22,23)/b19-11+. The molecule has 27 heavy (non-hydrogen) atoms. The lowest BCUT2D eigenvalue weighted by molar-refractivity contribution is 0.340. The molecule has 0 amide bonds. The molecule has 9 heteroatoms. The minimum Gasteiger partial charge on any atom is -0.494 e. The van der Waals surface area contributed by atoms with Crippen LogP contribution in [-0.4, -0.2) is 31.3 Å². The van der Waals surface area contributed by atoms with Crippen LogP contribution in [0.5, 0.6) is 11.6 Å². The SMILES string of the molecule is CCOc1ccc(S(=O)(=O)N/N=C/c2c(O)[nH]c(=O)c3ccccc23)cc1. The average molecular weight is 387 g/mol. The van der Waals surface area contributed by atoms with Gasteiger partial charge in [0.2, 0.25) is 5.88 Å². The van der Waals surface area contributed by atoms with Crippen LogP contribution in [-0.2, 0) is 10.0 Å². The van der Waals surface area contributed by atoms with Crippen LogP contribution in [0.15, 0.2) is 63.3 Å². The number of pyridine rings is 1. The lowest BCUT2D eigenvalue weighted by atomic mass is 10.1. The molecule has 0 bridgehead atoms. The number of sulfonamides is 1. The molecule has 3 rings (SSSR count). The molecule has 0 unspecified atom stereocenters. The Morgan fingerprint density at radius 1 is 1.15 bits per heavy atom.